The van der Waals surface area contributed by atoms with Crippen molar-refractivity contribution in [2.45, 2.75) is 72.8 Å². The van der Waals surface area contributed by atoms with Crippen LogP contribution in [0.25, 0.3) is 0 Å². The molecule has 4 aliphatic carbocycles. The van der Waals surface area contributed by atoms with E-state index < -0.39 is 5.60 Å². The SMILES string of the molecule is CC(=O)O[C@]1(C(C)=O)CCC2C3C=C(C)C4=CC(=O)C=C(C)C4(C)C3CCC21C. The topological polar surface area (TPSA) is 60.4 Å². The summed E-state index contributed by atoms with van der Waals surface area (Å²) in [6, 6.07) is 0. The summed E-state index contributed by atoms with van der Waals surface area (Å²) < 4.78 is 5.83. The molecule has 0 heterocycles. The van der Waals surface area contributed by atoms with Crippen molar-refractivity contribution in [2.75, 3.05) is 0 Å². The highest BCUT2D eigenvalue weighted by molar-refractivity contribution is 6.02. The Labute approximate surface area is 173 Å². The van der Waals surface area contributed by atoms with Crippen molar-refractivity contribution in [3.8, 4) is 0 Å². The van der Waals surface area contributed by atoms with E-state index in [1.54, 1.807) is 13.0 Å². The molecule has 4 aliphatic rings. The van der Waals surface area contributed by atoms with Crippen molar-refractivity contribution in [1.29, 1.82) is 0 Å². The van der Waals surface area contributed by atoms with Gasteiger partial charge in [-0.15, -0.1) is 0 Å². The Morgan fingerprint density at radius 3 is 2.31 bits per heavy atom. The summed E-state index contributed by atoms with van der Waals surface area (Å²) in [4.78, 5) is 37.0. The molecule has 156 valence electrons. The summed E-state index contributed by atoms with van der Waals surface area (Å²) in [7, 11) is 0. The number of ether oxygens (including phenoxy) is 1. The van der Waals surface area contributed by atoms with Crippen LogP contribution in [-0.4, -0.2) is 23.1 Å². The molecule has 0 aromatic carbocycles. The Kier molecular flexibility index (Phi) is 4.39. The molecule has 0 spiro atoms. The fourth-order valence-corrected chi connectivity index (χ4v) is 7.47. The van der Waals surface area contributed by atoms with E-state index in [1.807, 2.05) is 6.08 Å². The third-order valence-corrected chi connectivity index (χ3v) is 8.97. The van der Waals surface area contributed by atoms with Crippen molar-refractivity contribution in [3.05, 3.63) is 34.9 Å². The first-order chi connectivity index (χ1) is 13.5. The largest absolute Gasteiger partial charge is 0.451 e. The summed E-state index contributed by atoms with van der Waals surface area (Å²) in [5.74, 6) is 0.653. The van der Waals surface area contributed by atoms with Crippen LogP contribution in [0.1, 0.15) is 67.2 Å². The summed E-state index contributed by atoms with van der Waals surface area (Å²) in [6.07, 6.45) is 9.23. The Morgan fingerprint density at radius 2 is 1.69 bits per heavy atom. The average Bonchev–Trinajstić information content (AvgIpc) is 2.91. The molecule has 0 saturated heterocycles. The van der Waals surface area contributed by atoms with Crippen molar-refractivity contribution in [3.63, 3.8) is 0 Å². The van der Waals surface area contributed by atoms with E-state index in [-0.39, 0.29) is 34.3 Å². The standard InChI is InChI=1S/C25H32O4/c1-14-11-19-20-8-10-25(16(3)26,29-17(4)27)23(20,5)9-7-21(19)24(6)15(2)12-18(28)13-22(14)24/h11-13,19-21H,7-10H2,1-6H3/t19?,20?,21?,23?,24?,25-/m0/s1. The lowest BCUT2D eigenvalue weighted by atomic mass is 9.46. The molecule has 2 saturated carbocycles. The zero-order valence-electron chi connectivity index (χ0n) is 18.4. The van der Waals surface area contributed by atoms with Gasteiger partial charge in [-0.05, 0) is 81.9 Å². The maximum absolute atomic E-state index is 12.8. The van der Waals surface area contributed by atoms with Crippen LogP contribution in [0.4, 0.5) is 0 Å². The monoisotopic (exact) mass is 396 g/mol. The van der Waals surface area contributed by atoms with Gasteiger partial charge >= 0.3 is 5.97 Å². The highest BCUT2D eigenvalue weighted by Gasteiger charge is 2.67. The van der Waals surface area contributed by atoms with Crippen LogP contribution >= 0.6 is 0 Å². The lowest BCUT2D eigenvalue weighted by Gasteiger charge is -2.58. The molecular weight excluding hydrogens is 364 g/mol. The van der Waals surface area contributed by atoms with Gasteiger partial charge in [0.15, 0.2) is 17.2 Å². The molecule has 4 nitrogen and oxygen atoms in total. The summed E-state index contributed by atoms with van der Waals surface area (Å²) >= 11 is 0. The van der Waals surface area contributed by atoms with E-state index in [4.69, 9.17) is 4.74 Å². The van der Waals surface area contributed by atoms with Gasteiger partial charge in [-0.25, -0.2) is 0 Å². The Bertz CT molecular complexity index is 906. The number of esters is 1. The molecule has 0 N–H and O–H groups in total. The molecule has 6 atom stereocenters. The van der Waals surface area contributed by atoms with Crippen molar-refractivity contribution >= 4 is 17.5 Å². The minimum atomic E-state index is -1.01. The van der Waals surface area contributed by atoms with E-state index in [1.165, 1.54) is 12.5 Å². The number of carbonyl (C=O) groups is 3. The predicted octanol–water partition coefficient (Wildman–Crippen LogP) is 4.74. The van der Waals surface area contributed by atoms with Crippen LogP contribution in [0.2, 0.25) is 0 Å². The smallest absolute Gasteiger partial charge is 0.303 e. The number of Topliss-reactive ketones (excluding diaryl/α,β-unsaturated/α-hetero) is 1. The predicted molar refractivity (Wildman–Crippen MR) is 111 cm³/mol. The number of rotatable bonds is 2. The molecule has 2 fully saturated rings. The highest BCUT2D eigenvalue weighted by atomic mass is 16.6. The number of hydrogen-bond acceptors (Lipinski definition) is 4. The number of fused-ring (bicyclic) bond motifs is 5. The molecule has 5 unspecified atom stereocenters. The first-order valence-corrected chi connectivity index (χ1v) is 10.8. The van der Waals surface area contributed by atoms with E-state index in [0.717, 1.165) is 30.4 Å². The van der Waals surface area contributed by atoms with Crippen LogP contribution in [0.15, 0.2) is 34.9 Å². The first-order valence-electron chi connectivity index (χ1n) is 10.8. The van der Waals surface area contributed by atoms with E-state index >= 15 is 0 Å². The molecule has 0 radical (unpaired) electrons. The summed E-state index contributed by atoms with van der Waals surface area (Å²) in [5, 5.41) is 0. The zero-order chi connectivity index (χ0) is 21.4. The van der Waals surface area contributed by atoms with Gasteiger partial charge in [0.1, 0.15) is 0 Å². The van der Waals surface area contributed by atoms with Gasteiger partial charge in [0.2, 0.25) is 0 Å². The number of ketones is 2. The molecule has 0 bridgehead atoms. The first kappa shape index (κ1) is 20.3. The number of allylic oxidation sites excluding steroid dienone is 6. The lowest BCUT2D eigenvalue weighted by Crippen LogP contribution is -2.58. The lowest BCUT2D eigenvalue weighted by molar-refractivity contribution is -0.184. The third-order valence-electron chi connectivity index (χ3n) is 8.97. The molecule has 4 rings (SSSR count). The van der Waals surface area contributed by atoms with Crippen molar-refractivity contribution in [2.24, 2.45) is 28.6 Å². The Balaban J connectivity index is 1.82. The molecule has 4 heteroatoms. The van der Waals surface area contributed by atoms with Crippen molar-refractivity contribution in [1.82, 2.24) is 0 Å². The summed E-state index contributed by atoms with van der Waals surface area (Å²) in [6.45, 7) is 11.6. The molecule has 0 amide bonds. The Morgan fingerprint density at radius 1 is 1.03 bits per heavy atom. The molecular formula is C25H32O4. The second-order valence-corrected chi connectivity index (χ2v) is 10.1. The number of carbonyl (C=O) groups excluding carboxylic acids is 3. The maximum atomic E-state index is 12.8. The number of hydrogen-bond donors (Lipinski definition) is 0. The van der Waals surface area contributed by atoms with Gasteiger partial charge in [-0.2, -0.15) is 0 Å². The molecule has 0 aromatic heterocycles. The van der Waals surface area contributed by atoms with Crippen LogP contribution in [0, 0.1) is 28.6 Å². The average molecular weight is 397 g/mol. The van der Waals surface area contributed by atoms with Gasteiger partial charge in [0, 0.05) is 17.8 Å². The zero-order valence-corrected chi connectivity index (χ0v) is 18.4. The van der Waals surface area contributed by atoms with Crippen molar-refractivity contribution < 1.29 is 19.1 Å². The fourth-order valence-electron chi connectivity index (χ4n) is 7.47. The second kappa shape index (κ2) is 6.26. The molecule has 0 aliphatic heterocycles. The highest BCUT2D eigenvalue weighted by Crippen LogP contribution is 2.68. The van der Waals surface area contributed by atoms with E-state index in [0.29, 0.717) is 18.3 Å². The van der Waals surface area contributed by atoms with Gasteiger partial charge in [-0.3, -0.25) is 14.4 Å². The van der Waals surface area contributed by atoms with Crippen LogP contribution in [0.3, 0.4) is 0 Å². The molecule has 0 aromatic rings. The van der Waals surface area contributed by atoms with E-state index in [2.05, 4.69) is 33.8 Å². The minimum Gasteiger partial charge on any atom is -0.451 e. The van der Waals surface area contributed by atoms with Crippen LogP contribution in [0.5, 0.6) is 0 Å². The van der Waals surface area contributed by atoms with Crippen LogP contribution < -0.4 is 0 Å². The van der Waals surface area contributed by atoms with Crippen LogP contribution in [-0.2, 0) is 19.1 Å². The normalized spacial score (nSPS) is 43.3. The quantitative estimate of drug-likeness (QED) is 0.633. The maximum Gasteiger partial charge on any atom is 0.303 e. The van der Waals surface area contributed by atoms with E-state index in [9.17, 15) is 14.4 Å². The molecule has 29 heavy (non-hydrogen) atoms. The second-order valence-electron chi connectivity index (χ2n) is 10.1. The minimum absolute atomic E-state index is 0.0289. The summed E-state index contributed by atoms with van der Waals surface area (Å²) in [5.41, 5.74) is 1.95. The van der Waals surface area contributed by atoms with Gasteiger partial charge in [-0.1, -0.05) is 31.1 Å². The Hall–Kier alpha value is -1.97. The van der Waals surface area contributed by atoms with Gasteiger partial charge in [0.25, 0.3) is 0 Å². The van der Waals surface area contributed by atoms with Gasteiger partial charge < -0.3 is 4.74 Å². The third kappa shape index (κ3) is 2.47. The van der Waals surface area contributed by atoms with Gasteiger partial charge in [0.05, 0.1) is 0 Å². The fraction of sp³-hybridized carbons (Fsp3) is 0.640.